The second kappa shape index (κ2) is 8.09. The van der Waals surface area contributed by atoms with Gasteiger partial charge in [0.05, 0.1) is 15.4 Å². The number of likely N-dealkylation sites (N-methyl/N-ethyl adjacent to an activating group) is 1. The fourth-order valence-corrected chi connectivity index (χ4v) is 2.37. The van der Waals surface area contributed by atoms with E-state index in [0.29, 0.717) is 24.1 Å². The van der Waals surface area contributed by atoms with Gasteiger partial charge in [-0.15, -0.1) is 0 Å². The smallest absolute Gasteiger partial charge is 0.283 e. The number of carbonyl (C=O) groups excluding carboxylic acids is 1. The molecule has 0 aromatic heterocycles. The van der Waals surface area contributed by atoms with Crippen molar-refractivity contribution in [1.82, 2.24) is 10.2 Å². The molecule has 1 aromatic carbocycles. The quantitative estimate of drug-likeness (QED) is 0.601. The van der Waals surface area contributed by atoms with Gasteiger partial charge in [0.15, 0.2) is 0 Å². The van der Waals surface area contributed by atoms with Crippen LogP contribution in [0, 0.1) is 10.1 Å². The fourth-order valence-electron chi connectivity index (χ4n) is 1.98. The van der Waals surface area contributed by atoms with Crippen molar-refractivity contribution in [2.75, 3.05) is 13.1 Å². The van der Waals surface area contributed by atoms with Crippen molar-refractivity contribution in [3.8, 4) is 0 Å². The first-order valence-corrected chi connectivity index (χ1v) is 7.64. The van der Waals surface area contributed by atoms with Crippen molar-refractivity contribution in [2.45, 2.75) is 33.4 Å². The van der Waals surface area contributed by atoms with Crippen molar-refractivity contribution >= 4 is 27.5 Å². The van der Waals surface area contributed by atoms with E-state index in [9.17, 15) is 14.9 Å². The molecule has 0 aliphatic carbocycles. The average Bonchev–Trinajstić information content (AvgIpc) is 2.46. The standard InChI is InChI=1S/C14H20BrN3O3/c1-4-17(5-2)14(19)10(3)16-9-11-6-7-12(15)13(8-11)18(20)21/h6-8,10,16H,4-5,9H2,1-3H3. The van der Waals surface area contributed by atoms with Gasteiger partial charge in [-0.25, -0.2) is 0 Å². The summed E-state index contributed by atoms with van der Waals surface area (Å²) in [6, 6.07) is 4.61. The Morgan fingerprint density at radius 1 is 1.43 bits per heavy atom. The van der Waals surface area contributed by atoms with E-state index in [1.807, 2.05) is 13.8 Å². The van der Waals surface area contributed by atoms with Gasteiger partial charge in [0.1, 0.15) is 0 Å². The van der Waals surface area contributed by atoms with Gasteiger partial charge in [-0.3, -0.25) is 14.9 Å². The molecule has 21 heavy (non-hydrogen) atoms. The van der Waals surface area contributed by atoms with E-state index in [-0.39, 0.29) is 17.6 Å². The van der Waals surface area contributed by atoms with E-state index in [1.54, 1.807) is 24.0 Å². The normalized spacial score (nSPS) is 12.0. The molecule has 1 aromatic rings. The summed E-state index contributed by atoms with van der Waals surface area (Å²) in [5.74, 6) is 0.0339. The molecule has 7 heteroatoms. The van der Waals surface area contributed by atoms with Gasteiger partial charge in [-0.05, 0) is 48.3 Å². The molecule has 1 rings (SSSR count). The summed E-state index contributed by atoms with van der Waals surface area (Å²) >= 11 is 3.15. The van der Waals surface area contributed by atoms with Crippen molar-refractivity contribution in [2.24, 2.45) is 0 Å². The molecule has 1 atom stereocenters. The number of carbonyl (C=O) groups is 1. The summed E-state index contributed by atoms with van der Waals surface area (Å²) < 4.78 is 0.448. The molecule has 1 amide bonds. The molecule has 0 bridgehead atoms. The van der Waals surface area contributed by atoms with Crippen molar-refractivity contribution in [3.05, 3.63) is 38.3 Å². The first-order chi connectivity index (χ1) is 9.90. The lowest BCUT2D eigenvalue weighted by atomic mass is 10.2. The molecule has 6 nitrogen and oxygen atoms in total. The minimum absolute atomic E-state index is 0.0250. The van der Waals surface area contributed by atoms with E-state index in [1.165, 1.54) is 6.07 Å². The van der Waals surface area contributed by atoms with Crippen LogP contribution >= 0.6 is 15.9 Å². The highest BCUT2D eigenvalue weighted by Crippen LogP contribution is 2.25. The molecule has 1 unspecified atom stereocenters. The third-order valence-corrected chi connectivity index (χ3v) is 3.94. The van der Waals surface area contributed by atoms with Crippen LogP contribution in [0.4, 0.5) is 5.69 Å². The van der Waals surface area contributed by atoms with Crippen LogP contribution in [0.5, 0.6) is 0 Å². The Hall–Kier alpha value is -1.47. The van der Waals surface area contributed by atoms with Crippen LogP contribution in [0.1, 0.15) is 26.3 Å². The fraction of sp³-hybridized carbons (Fsp3) is 0.500. The lowest BCUT2D eigenvalue weighted by Gasteiger charge is -2.23. The Morgan fingerprint density at radius 2 is 2.05 bits per heavy atom. The van der Waals surface area contributed by atoms with E-state index in [4.69, 9.17) is 0 Å². The molecular formula is C14H20BrN3O3. The second-order valence-electron chi connectivity index (χ2n) is 4.66. The predicted octanol–water partition coefficient (Wildman–Crippen LogP) is 2.70. The van der Waals surface area contributed by atoms with Gasteiger partial charge in [0.2, 0.25) is 5.91 Å². The number of nitro benzene ring substituents is 1. The zero-order chi connectivity index (χ0) is 16.0. The molecule has 0 saturated carbocycles. The maximum absolute atomic E-state index is 12.1. The summed E-state index contributed by atoms with van der Waals surface area (Å²) in [4.78, 5) is 24.3. The zero-order valence-electron chi connectivity index (χ0n) is 12.4. The van der Waals surface area contributed by atoms with Gasteiger partial charge >= 0.3 is 0 Å². The highest BCUT2D eigenvalue weighted by atomic mass is 79.9. The number of benzene rings is 1. The molecule has 0 aliphatic rings. The maximum atomic E-state index is 12.1. The average molecular weight is 358 g/mol. The second-order valence-corrected chi connectivity index (χ2v) is 5.51. The number of halogens is 1. The van der Waals surface area contributed by atoms with Crippen molar-refractivity contribution in [3.63, 3.8) is 0 Å². The van der Waals surface area contributed by atoms with E-state index in [0.717, 1.165) is 5.56 Å². The Bertz CT molecular complexity index is 518. The van der Waals surface area contributed by atoms with Crippen molar-refractivity contribution in [1.29, 1.82) is 0 Å². The highest BCUT2D eigenvalue weighted by Gasteiger charge is 2.18. The van der Waals surface area contributed by atoms with Gasteiger partial charge in [0, 0.05) is 25.7 Å². The number of hydrogen-bond donors (Lipinski definition) is 1. The largest absolute Gasteiger partial charge is 0.342 e. The Balaban J connectivity index is 2.69. The van der Waals surface area contributed by atoms with Crippen LogP contribution < -0.4 is 5.32 Å². The SMILES string of the molecule is CCN(CC)C(=O)C(C)NCc1ccc(Br)c([N+](=O)[O-])c1. The van der Waals surface area contributed by atoms with Gasteiger partial charge in [-0.2, -0.15) is 0 Å². The molecule has 0 radical (unpaired) electrons. The van der Waals surface area contributed by atoms with E-state index in [2.05, 4.69) is 21.2 Å². The number of nitrogens with one attached hydrogen (secondary N) is 1. The number of nitro groups is 1. The molecule has 0 aliphatic heterocycles. The van der Waals surface area contributed by atoms with Crippen molar-refractivity contribution < 1.29 is 9.72 Å². The Labute approximate surface area is 132 Å². The summed E-state index contributed by atoms with van der Waals surface area (Å²) in [7, 11) is 0. The molecule has 0 spiro atoms. The third kappa shape index (κ3) is 4.78. The number of amides is 1. The molecule has 0 fully saturated rings. The minimum Gasteiger partial charge on any atom is -0.342 e. The zero-order valence-corrected chi connectivity index (χ0v) is 14.0. The summed E-state index contributed by atoms with van der Waals surface area (Å²) in [5, 5.41) is 14.0. The summed E-state index contributed by atoms with van der Waals surface area (Å²) in [6.45, 7) is 7.42. The van der Waals surface area contributed by atoms with E-state index >= 15 is 0 Å². The van der Waals surface area contributed by atoms with Crippen LogP contribution in [-0.4, -0.2) is 34.9 Å². The maximum Gasteiger partial charge on any atom is 0.283 e. The van der Waals surface area contributed by atoms with Gasteiger partial charge in [-0.1, -0.05) is 6.07 Å². The van der Waals surface area contributed by atoms with Crippen LogP contribution in [0.15, 0.2) is 22.7 Å². The summed E-state index contributed by atoms with van der Waals surface area (Å²) in [6.07, 6.45) is 0. The number of rotatable bonds is 7. The van der Waals surface area contributed by atoms with Crippen LogP contribution in [0.2, 0.25) is 0 Å². The molecule has 116 valence electrons. The van der Waals surface area contributed by atoms with E-state index < -0.39 is 4.92 Å². The summed E-state index contributed by atoms with van der Waals surface area (Å²) in [5.41, 5.74) is 0.793. The lowest BCUT2D eigenvalue weighted by Crippen LogP contribution is -2.44. The molecule has 1 N–H and O–H groups in total. The van der Waals surface area contributed by atoms with Gasteiger partial charge < -0.3 is 10.2 Å². The first-order valence-electron chi connectivity index (χ1n) is 6.85. The minimum atomic E-state index is -0.432. The number of hydrogen-bond acceptors (Lipinski definition) is 4. The predicted molar refractivity (Wildman–Crippen MR) is 85.0 cm³/mol. The number of nitrogens with zero attached hydrogens (tertiary/aromatic N) is 2. The van der Waals surface area contributed by atoms with Crippen LogP contribution in [-0.2, 0) is 11.3 Å². The third-order valence-electron chi connectivity index (χ3n) is 3.27. The monoisotopic (exact) mass is 357 g/mol. The molecule has 0 saturated heterocycles. The Kier molecular flexibility index (Phi) is 6.77. The topological polar surface area (TPSA) is 75.5 Å². The first kappa shape index (κ1) is 17.6. The van der Waals surface area contributed by atoms with Crippen LogP contribution in [0.3, 0.4) is 0 Å². The Morgan fingerprint density at radius 3 is 2.57 bits per heavy atom. The highest BCUT2D eigenvalue weighted by molar-refractivity contribution is 9.10. The van der Waals surface area contributed by atoms with Gasteiger partial charge in [0.25, 0.3) is 5.69 Å². The molecule has 0 heterocycles. The van der Waals surface area contributed by atoms with Crippen LogP contribution in [0.25, 0.3) is 0 Å². The molecular weight excluding hydrogens is 338 g/mol. The lowest BCUT2D eigenvalue weighted by molar-refractivity contribution is -0.385.